The first-order valence-electron chi connectivity index (χ1n) is 14.5. The van der Waals surface area contributed by atoms with Crippen molar-refractivity contribution in [2.45, 2.75) is 118 Å². The quantitative estimate of drug-likeness (QED) is 0.127. The van der Waals surface area contributed by atoms with Crippen LogP contribution >= 0.6 is 0 Å². The van der Waals surface area contributed by atoms with E-state index < -0.39 is 0 Å². The molecule has 0 saturated carbocycles. The Balaban J connectivity index is 3.46. The minimum atomic E-state index is 0.324. The molecular weight excluding hydrogens is 396 g/mol. The third kappa shape index (κ3) is 14.9. The highest BCUT2D eigenvalue weighted by molar-refractivity contribution is 4.51. The van der Waals surface area contributed by atoms with Gasteiger partial charge in [-0.15, -0.1) is 0 Å². The summed E-state index contributed by atoms with van der Waals surface area (Å²) < 4.78 is 2.19. The van der Waals surface area contributed by atoms with Gasteiger partial charge in [-0.25, -0.2) is 0 Å². The molecule has 0 fully saturated rings. The van der Waals surface area contributed by atoms with E-state index in [4.69, 9.17) is 0 Å². The molecule has 194 valence electrons. The van der Waals surface area contributed by atoms with E-state index in [1.807, 2.05) is 0 Å². The zero-order chi connectivity index (χ0) is 24.0. The van der Waals surface area contributed by atoms with Crippen molar-refractivity contribution in [3.8, 4) is 0 Å². The molecule has 32 heavy (non-hydrogen) atoms. The average molecular weight is 459 g/mol. The number of unbranched alkanes of at least 4 members (excludes halogenated alkanes) is 13. The van der Waals surface area contributed by atoms with Gasteiger partial charge in [-0.1, -0.05) is 64.2 Å². The number of nitrogens with zero attached hydrogens (tertiary/aromatic N) is 2. The molecule has 0 aliphatic heterocycles. The Hall–Kier alpha value is -0.160. The Morgan fingerprint density at radius 2 is 0.562 bits per heavy atom. The van der Waals surface area contributed by atoms with Gasteiger partial charge in [-0.2, -0.15) is 0 Å². The summed E-state index contributed by atoms with van der Waals surface area (Å²) in [6.45, 7) is 18.7. The van der Waals surface area contributed by atoms with Crippen molar-refractivity contribution >= 4 is 0 Å². The van der Waals surface area contributed by atoms with Crippen LogP contribution in [0.15, 0.2) is 0 Å². The van der Waals surface area contributed by atoms with Crippen LogP contribution in [-0.4, -0.2) is 84.8 Å². The molecule has 0 heterocycles. The Morgan fingerprint density at radius 3 is 0.750 bits per heavy atom. The molecule has 0 aromatic rings. The Kier molecular flexibility index (Phi) is 21.3. The van der Waals surface area contributed by atoms with Gasteiger partial charge in [0.2, 0.25) is 0 Å². The highest BCUT2D eigenvalue weighted by Gasteiger charge is 2.22. The molecule has 0 amide bonds. The van der Waals surface area contributed by atoms with Gasteiger partial charge < -0.3 is 19.2 Å². The molecule has 0 spiro atoms. The number of hydrogen-bond acceptors (Lipinski definition) is 2. The van der Waals surface area contributed by atoms with Crippen LogP contribution in [0.3, 0.4) is 0 Å². The van der Waals surface area contributed by atoms with Gasteiger partial charge in [0.1, 0.15) is 13.1 Å². The first-order chi connectivity index (χ1) is 15.6. The predicted molar refractivity (Wildman–Crippen MR) is 141 cm³/mol. The fourth-order valence-electron chi connectivity index (χ4n) is 5.38. The molecule has 0 aliphatic rings. The monoisotopic (exact) mass is 458 g/mol. The minimum Gasteiger partial charge on any atom is -0.391 e. The zero-order valence-electron chi connectivity index (χ0n) is 22.8. The molecule has 2 N–H and O–H groups in total. The summed E-state index contributed by atoms with van der Waals surface area (Å²) in [6, 6.07) is 0. The maximum absolute atomic E-state index is 9.33. The molecule has 0 rings (SSSR count). The number of aliphatic hydroxyl groups is 2. The van der Waals surface area contributed by atoms with Crippen molar-refractivity contribution in [3.05, 3.63) is 0 Å². The lowest BCUT2D eigenvalue weighted by atomic mass is 10.0. The van der Waals surface area contributed by atoms with E-state index in [9.17, 15) is 10.2 Å². The second kappa shape index (κ2) is 21.4. The van der Waals surface area contributed by atoms with Crippen LogP contribution in [0.5, 0.6) is 0 Å². The highest BCUT2D eigenvalue weighted by atomic mass is 16.3. The molecule has 4 nitrogen and oxygen atoms in total. The van der Waals surface area contributed by atoms with Crippen LogP contribution in [0, 0.1) is 0 Å². The van der Waals surface area contributed by atoms with E-state index in [0.717, 1.165) is 48.2 Å². The summed E-state index contributed by atoms with van der Waals surface area (Å²) in [5.74, 6) is 0. The van der Waals surface area contributed by atoms with Crippen LogP contribution in [0.2, 0.25) is 0 Å². The average Bonchev–Trinajstić information content (AvgIpc) is 2.82. The van der Waals surface area contributed by atoms with Crippen LogP contribution < -0.4 is 0 Å². The number of aliphatic hydroxyl groups excluding tert-OH is 2. The molecule has 0 aromatic heterocycles. The van der Waals surface area contributed by atoms with Gasteiger partial charge in [0, 0.05) is 0 Å². The van der Waals surface area contributed by atoms with Crippen LogP contribution in [0.4, 0.5) is 0 Å². The Morgan fingerprint density at radius 1 is 0.344 bits per heavy atom. The van der Waals surface area contributed by atoms with Crippen LogP contribution in [0.25, 0.3) is 0 Å². The normalized spacial score (nSPS) is 12.6. The topological polar surface area (TPSA) is 40.5 Å². The van der Waals surface area contributed by atoms with Gasteiger partial charge in [-0.05, 0) is 53.4 Å². The van der Waals surface area contributed by atoms with Gasteiger partial charge >= 0.3 is 0 Å². The lowest BCUT2D eigenvalue weighted by molar-refractivity contribution is -0.925. The smallest absolute Gasteiger partial charge is 0.102 e. The third-order valence-electron chi connectivity index (χ3n) is 8.35. The highest BCUT2D eigenvalue weighted by Crippen LogP contribution is 2.15. The predicted octanol–water partition coefficient (Wildman–Crippen LogP) is 6.15. The fourth-order valence-corrected chi connectivity index (χ4v) is 5.38. The number of quaternary nitrogens is 2. The van der Waals surface area contributed by atoms with Crippen molar-refractivity contribution in [3.63, 3.8) is 0 Å². The number of likely N-dealkylation sites (N-methyl/N-ethyl adjacent to an activating group) is 2. The van der Waals surface area contributed by atoms with E-state index >= 15 is 0 Å². The SMILES string of the molecule is CC[N+](CC)(CCO)CCCCCCCCCCCCCCCC[N+](CC)(CC)CCO. The molecule has 0 bridgehead atoms. The molecule has 0 radical (unpaired) electrons. The van der Waals surface area contributed by atoms with Gasteiger partial charge in [0.15, 0.2) is 0 Å². The third-order valence-corrected chi connectivity index (χ3v) is 8.35. The van der Waals surface area contributed by atoms with E-state index in [1.165, 1.54) is 103 Å². The van der Waals surface area contributed by atoms with Crippen molar-refractivity contribution in [1.29, 1.82) is 0 Å². The summed E-state index contributed by atoms with van der Waals surface area (Å²) in [4.78, 5) is 0. The van der Waals surface area contributed by atoms with E-state index in [1.54, 1.807) is 0 Å². The molecular formula is C28H62N2O2+2. The Bertz CT molecular complexity index is 346. The van der Waals surface area contributed by atoms with Gasteiger partial charge in [-0.3, -0.25) is 0 Å². The fraction of sp³-hybridized carbons (Fsp3) is 1.00. The summed E-state index contributed by atoms with van der Waals surface area (Å²) in [7, 11) is 0. The van der Waals surface area contributed by atoms with Crippen LogP contribution in [0.1, 0.15) is 118 Å². The summed E-state index contributed by atoms with van der Waals surface area (Å²) >= 11 is 0. The molecule has 0 aliphatic carbocycles. The van der Waals surface area contributed by atoms with E-state index in [0.29, 0.717) is 13.2 Å². The molecule has 0 unspecified atom stereocenters. The van der Waals surface area contributed by atoms with Crippen molar-refractivity contribution in [1.82, 2.24) is 0 Å². The summed E-state index contributed by atoms with van der Waals surface area (Å²) in [6.07, 6.45) is 19.5. The first-order valence-corrected chi connectivity index (χ1v) is 14.5. The van der Waals surface area contributed by atoms with Crippen LogP contribution in [-0.2, 0) is 0 Å². The molecule has 0 aromatic carbocycles. The van der Waals surface area contributed by atoms with Crippen molar-refractivity contribution < 1.29 is 19.2 Å². The maximum atomic E-state index is 9.33. The Labute approximate surface area is 202 Å². The summed E-state index contributed by atoms with van der Waals surface area (Å²) in [5, 5.41) is 18.7. The number of rotatable bonds is 25. The largest absolute Gasteiger partial charge is 0.391 e. The van der Waals surface area contributed by atoms with E-state index in [2.05, 4.69) is 27.7 Å². The van der Waals surface area contributed by atoms with E-state index in [-0.39, 0.29) is 0 Å². The second-order valence-electron chi connectivity index (χ2n) is 10.2. The minimum absolute atomic E-state index is 0.324. The zero-order valence-corrected chi connectivity index (χ0v) is 22.8. The lowest BCUT2D eigenvalue weighted by Gasteiger charge is -2.36. The van der Waals surface area contributed by atoms with Gasteiger partial charge in [0.05, 0.1) is 52.5 Å². The molecule has 0 atom stereocenters. The molecule has 4 heteroatoms. The lowest BCUT2D eigenvalue weighted by Crippen LogP contribution is -2.50. The number of hydrogen-bond donors (Lipinski definition) is 2. The summed E-state index contributed by atoms with van der Waals surface area (Å²) in [5.41, 5.74) is 0. The second-order valence-corrected chi connectivity index (χ2v) is 10.2. The maximum Gasteiger partial charge on any atom is 0.102 e. The first kappa shape index (κ1) is 31.8. The van der Waals surface area contributed by atoms with Gasteiger partial charge in [0.25, 0.3) is 0 Å². The molecule has 0 saturated heterocycles. The standard InChI is InChI=1S/C28H62N2O2/c1-5-29(6-2,25-27-31)23-21-19-17-15-13-11-9-10-12-14-16-18-20-22-24-30(7-3,8-4)26-28-32/h31-32H,5-28H2,1-4H3/q+2. The van der Waals surface area contributed by atoms with Crippen molar-refractivity contribution in [2.24, 2.45) is 0 Å². The van der Waals surface area contributed by atoms with Crippen molar-refractivity contribution in [2.75, 3.05) is 65.6 Å².